The Balaban J connectivity index is 1.84. The summed E-state index contributed by atoms with van der Waals surface area (Å²) in [5, 5.41) is 0. The summed E-state index contributed by atoms with van der Waals surface area (Å²) in [4.78, 5) is 22.0. The van der Waals surface area contributed by atoms with Crippen molar-refractivity contribution in [3.05, 3.63) is 24.0 Å². The highest BCUT2D eigenvalue weighted by Gasteiger charge is 2.25. The molecule has 0 bridgehead atoms. The van der Waals surface area contributed by atoms with Crippen molar-refractivity contribution in [2.24, 2.45) is 0 Å². The van der Waals surface area contributed by atoms with E-state index in [1.165, 1.54) is 0 Å². The lowest BCUT2D eigenvalue weighted by molar-refractivity contribution is 0.0713. The minimum absolute atomic E-state index is 0.0169. The number of rotatable bonds is 3. The molecule has 0 saturated carbocycles. The SMILES string of the molecule is C[B]C1CCCN(C(=O)c2nc3ccc(OC)cc3[nH]2)C1. The Kier molecular flexibility index (Phi) is 3.86. The maximum absolute atomic E-state index is 12.6. The number of aromatic amines is 1. The smallest absolute Gasteiger partial charge is 0.289 e. The van der Waals surface area contributed by atoms with Gasteiger partial charge >= 0.3 is 0 Å². The first-order valence-electron chi connectivity index (χ1n) is 7.33. The molecule has 6 heteroatoms. The Morgan fingerprint density at radius 2 is 2.38 bits per heavy atom. The standard InChI is InChI=1S/C15H19BN3O2/c1-16-10-4-3-7-19(9-10)15(20)14-17-12-6-5-11(21-2)8-13(12)18-14/h5-6,8,10H,3-4,7,9H2,1-2H3,(H,17,18). The van der Waals surface area contributed by atoms with Crippen molar-refractivity contribution in [3.8, 4) is 5.75 Å². The average molecular weight is 284 g/mol. The zero-order chi connectivity index (χ0) is 14.8. The van der Waals surface area contributed by atoms with Gasteiger partial charge in [-0.15, -0.1) is 0 Å². The number of methoxy groups -OCH3 is 1. The fraction of sp³-hybridized carbons (Fsp3) is 0.467. The summed E-state index contributed by atoms with van der Waals surface area (Å²) in [5.41, 5.74) is 1.61. The number of fused-ring (bicyclic) bond motifs is 1. The van der Waals surface area contributed by atoms with E-state index in [0.29, 0.717) is 11.6 Å². The molecule has 3 rings (SSSR count). The van der Waals surface area contributed by atoms with E-state index in [4.69, 9.17) is 4.74 Å². The summed E-state index contributed by atoms with van der Waals surface area (Å²) in [6.07, 6.45) is 2.21. The van der Waals surface area contributed by atoms with Crippen LogP contribution in [0.5, 0.6) is 5.75 Å². The number of aromatic nitrogens is 2. The quantitative estimate of drug-likeness (QED) is 0.880. The number of nitrogens with zero attached hydrogens (tertiary/aromatic N) is 2. The monoisotopic (exact) mass is 284 g/mol. The largest absolute Gasteiger partial charge is 0.497 e. The van der Waals surface area contributed by atoms with Crippen LogP contribution in [0.1, 0.15) is 23.5 Å². The van der Waals surface area contributed by atoms with Crippen molar-refractivity contribution in [1.82, 2.24) is 14.9 Å². The fourth-order valence-electron chi connectivity index (χ4n) is 2.83. The van der Waals surface area contributed by atoms with Crippen LogP contribution in [0.3, 0.4) is 0 Å². The van der Waals surface area contributed by atoms with E-state index in [-0.39, 0.29) is 5.91 Å². The number of ether oxygens (including phenoxy) is 1. The Bertz CT molecular complexity index is 655. The number of imidazole rings is 1. The zero-order valence-electron chi connectivity index (χ0n) is 12.4. The maximum Gasteiger partial charge on any atom is 0.289 e. The van der Waals surface area contributed by atoms with Gasteiger partial charge in [-0.2, -0.15) is 0 Å². The number of piperidine rings is 1. The lowest BCUT2D eigenvalue weighted by Crippen LogP contribution is -2.39. The Morgan fingerprint density at radius 1 is 1.52 bits per heavy atom. The van der Waals surface area contributed by atoms with Gasteiger partial charge in [-0.05, 0) is 18.6 Å². The number of benzene rings is 1. The summed E-state index contributed by atoms with van der Waals surface area (Å²) >= 11 is 0. The van der Waals surface area contributed by atoms with E-state index in [1.807, 2.05) is 23.1 Å². The third-order valence-corrected chi connectivity index (χ3v) is 4.11. The van der Waals surface area contributed by atoms with Crippen LogP contribution >= 0.6 is 0 Å². The van der Waals surface area contributed by atoms with Crippen LogP contribution in [0.2, 0.25) is 12.6 Å². The Morgan fingerprint density at radius 3 is 3.14 bits per heavy atom. The molecule has 1 fully saturated rings. The maximum atomic E-state index is 12.6. The van der Waals surface area contributed by atoms with Crippen LogP contribution in [-0.4, -0.2) is 48.3 Å². The van der Waals surface area contributed by atoms with Crippen molar-refractivity contribution in [2.45, 2.75) is 25.5 Å². The van der Waals surface area contributed by atoms with Crippen LogP contribution in [0.15, 0.2) is 18.2 Å². The van der Waals surface area contributed by atoms with Crippen molar-refractivity contribution in [1.29, 1.82) is 0 Å². The number of carbonyl (C=O) groups is 1. The molecule has 109 valence electrons. The van der Waals surface area contributed by atoms with Gasteiger partial charge in [0.05, 0.1) is 18.1 Å². The number of carbonyl (C=O) groups excluding carboxylic acids is 1. The van der Waals surface area contributed by atoms with Crippen LogP contribution in [-0.2, 0) is 0 Å². The second-order valence-electron chi connectivity index (χ2n) is 5.46. The van der Waals surface area contributed by atoms with E-state index in [0.717, 1.165) is 42.7 Å². The first-order chi connectivity index (χ1) is 10.2. The lowest BCUT2D eigenvalue weighted by atomic mass is 9.63. The molecule has 1 aliphatic heterocycles. The van der Waals surface area contributed by atoms with Gasteiger partial charge in [0.25, 0.3) is 5.91 Å². The molecule has 1 atom stereocenters. The number of H-pyrrole nitrogens is 1. The highest BCUT2D eigenvalue weighted by Crippen LogP contribution is 2.23. The normalized spacial score (nSPS) is 18.8. The minimum Gasteiger partial charge on any atom is -0.497 e. The number of hydrogen-bond acceptors (Lipinski definition) is 3. The Hall–Kier alpha value is -1.98. The third-order valence-electron chi connectivity index (χ3n) is 4.11. The molecule has 2 heterocycles. The molecular weight excluding hydrogens is 265 g/mol. The summed E-state index contributed by atoms with van der Waals surface area (Å²) in [6.45, 7) is 3.66. The van der Waals surface area contributed by atoms with Gasteiger partial charge < -0.3 is 14.6 Å². The Labute approximate surface area is 124 Å². The molecule has 1 amide bonds. The van der Waals surface area contributed by atoms with E-state index < -0.39 is 0 Å². The van der Waals surface area contributed by atoms with Crippen molar-refractivity contribution in [3.63, 3.8) is 0 Å². The van der Waals surface area contributed by atoms with Crippen LogP contribution in [0.25, 0.3) is 11.0 Å². The van der Waals surface area contributed by atoms with Crippen LogP contribution in [0.4, 0.5) is 0 Å². The van der Waals surface area contributed by atoms with Gasteiger partial charge in [0.15, 0.2) is 5.82 Å². The summed E-state index contributed by atoms with van der Waals surface area (Å²) < 4.78 is 5.19. The second kappa shape index (κ2) is 5.80. The van der Waals surface area contributed by atoms with E-state index in [1.54, 1.807) is 7.11 Å². The molecule has 1 aromatic heterocycles. The molecule has 1 radical (unpaired) electrons. The van der Waals surface area contributed by atoms with E-state index >= 15 is 0 Å². The lowest BCUT2D eigenvalue weighted by Gasteiger charge is -2.31. The van der Waals surface area contributed by atoms with Crippen molar-refractivity contribution < 1.29 is 9.53 Å². The predicted octanol–water partition coefficient (Wildman–Crippen LogP) is 2.35. The van der Waals surface area contributed by atoms with Gasteiger partial charge in [-0.3, -0.25) is 4.79 Å². The van der Waals surface area contributed by atoms with Crippen LogP contribution in [0, 0.1) is 0 Å². The van der Waals surface area contributed by atoms with Crippen LogP contribution < -0.4 is 4.74 Å². The van der Waals surface area contributed by atoms with Crippen molar-refractivity contribution >= 4 is 24.2 Å². The number of nitrogens with one attached hydrogen (secondary N) is 1. The predicted molar refractivity (Wildman–Crippen MR) is 83.2 cm³/mol. The van der Waals surface area contributed by atoms with Gasteiger partial charge in [0, 0.05) is 19.2 Å². The highest BCUT2D eigenvalue weighted by atomic mass is 16.5. The first kappa shape index (κ1) is 14.0. The zero-order valence-corrected chi connectivity index (χ0v) is 12.4. The van der Waals surface area contributed by atoms with Gasteiger partial charge in [-0.1, -0.05) is 19.1 Å². The minimum atomic E-state index is -0.0169. The van der Waals surface area contributed by atoms with E-state index in [9.17, 15) is 4.79 Å². The van der Waals surface area contributed by atoms with Gasteiger partial charge in [0.2, 0.25) is 0 Å². The molecule has 5 nitrogen and oxygen atoms in total. The molecule has 1 aliphatic rings. The molecular formula is C15H19BN3O2. The third kappa shape index (κ3) is 2.75. The molecule has 0 aliphatic carbocycles. The molecule has 21 heavy (non-hydrogen) atoms. The molecule has 1 unspecified atom stereocenters. The summed E-state index contributed by atoms with van der Waals surface area (Å²) in [6, 6.07) is 5.57. The summed E-state index contributed by atoms with van der Waals surface area (Å²) in [5.74, 6) is 1.64. The molecule has 2 aromatic rings. The first-order valence-corrected chi connectivity index (χ1v) is 7.33. The second-order valence-corrected chi connectivity index (χ2v) is 5.46. The fourth-order valence-corrected chi connectivity index (χ4v) is 2.83. The summed E-state index contributed by atoms with van der Waals surface area (Å²) in [7, 11) is 3.81. The molecule has 0 spiro atoms. The number of amides is 1. The number of hydrogen-bond donors (Lipinski definition) is 1. The molecule has 1 saturated heterocycles. The van der Waals surface area contributed by atoms with Gasteiger partial charge in [0.1, 0.15) is 13.0 Å². The topological polar surface area (TPSA) is 58.2 Å². The molecule has 1 aromatic carbocycles. The highest BCUT2D eigenvalue weighted by molar-refractivity contribution is 6.35. The number of likely N-dealkylation sites (tertiary alicyclic amines) is 1. The van der Waals surface area contributed by atoms with Crippen molar-refractivity contribution in [2.75, 3.05) is 20.2 Å². The van der Waals surface area contributed by atoms with Gasteiger partial charge in [-0.25, -0.2) is 4.98 Å². The molecule has 1 N–H and O–H groups in total. The average Bonchev–Trinajstić information content (AvgIpc) is 2.97. The van der Waals surface area contributed by atoms with E-state index in [2.05, 4.69) is 24.1 Å².